The molecule has 0 fully saturated rings. The van der Waals surface area contributed by atoms with Crippen LogP contribution in [0.3, 0.4) is 0 Å². The number of ether oxygens (including phenoxy) is 3. The summed E-state index contributed by atoms with van der Waals surface area (Å²) in [4.78, 5) is 16.1. The van der Waals surface area contributed by atoms with Gasteiger partial charge in [0.1, 0.15) is 5.75 Å². The minimum absolute atomic E-state index is 0.0530. The van der Waals surface area contributed by atoms with E-state index in [1.807, 2.05) is 0 Å². The van der Waals surface area contributed by atoms with Crippen molar-refractivity contribution in [2.75, 3.05) is 30.9 Å². The quantitative estimate of drug-likeness (QED) is 0.516. The fourth-order valence-corrected chi connectivity index (χ4v) is 4.21. The molecule has 0 unspecified atom stereocenters. The third-order valence-electron chi connectivity index (χ3n) is 3.83. The third kappa shape index (κ3) is 5.39. The number of anilines is 2. The van der Waals surface area contributed by atoms with E-state index in [1.165, 1.54) is 56.0 Å². The van der Waals surface area contributed by atoms with Crippen LogP contribution < -0.4 is 24.2 Å². The summed E-state index contributed by atoms with van der Waals surface area (Å²) >= 11 is 1.18. The normalized spacial score (nSPS) is 10.9. The Balaban J connectivity index is 1.57. The fraction of sp³-hybridized carbons (Fsp3) is 0.158. The highest BCUT2D eigenvalue weighted by Crippen LogP contribution is 2.30. The molecule has 0 aliphatic rings. The SMILES string of the molecule is COc1ccc(OCC(=O)Nc2ccc(S(=O)(=O)Nc3nccs3)cc2)cc1OC. The van der Waals surface area contributed by atoms with Gasteiger partial charge in [0.25, 0.3) is 15.9 Å². The van der Waals surface area contributed by atoms with E-state index >= 15 is 0 Å². The van der Waals surface area contributed by atoms with E-state index in [-0.39, 0.29) is 16.6 Å². The lowest BCUT2D eigenvalue weighted by molar-refractivity contribution is -0.118. The van der Waals surface area contributed by atoms with Gasteiger partial charge in [-0.2, -0.15) is 0 Å². The summed E-state index contributed by atoms with van der Waals surface area (Å²) < 4.78 is 42.8. The highest BCUT2D eigenvalue weighted by molar-refractivity contribution is 7.93. The molecule has 3 rings (SSSR count). The largest absolute Gasteiger partial charge is 0.493 e. The average Bonchev–Trinajstić information content (AvgIpc) is 3.24. The van der Waals surface area contributed by atoms with E-state index in [0.717, 1.165) is 0 Å². The first kappa shape index (κ1) is 21.4. The molecule has 2 aromatic carbocycles. The first-order chi connectivity index (χ1) is 14.4. The van der Waals surface area contributed by atoms with Crippen molar-refractivity contribution in [2.45, 2.75) is 4.90 Å². The number of benzene rings is 2. The molecule has 1 amide bonds. The third-order valence-corrected chi connectivity index (χ3v) is 6.00. The summed E-state index contributed by atoms with van der Waals surface area (Å²) in [6.45, 7) is -0.235. The van der Waals surface area contributed by atoms with Gasteiger partial charge < -0.3 is 19.5 Å². The Labute approximate surface area is 177 Å². The van der Waals surface area contributed by atoms with Crippen molar-refractivity contribution in [1.82, 2.24) is 4.98 Å². The smallest absolute Gasteiger partial charge is 0.263 e. The molecule has 0 aliphatic carbocycles. The zero-order valence-corrected chi connectivity index (χ0v) is 17.7. The van der Waals surface area contributed by atoms with Gasteiger partial charge in [-0.3, -0.25) is 9.52 Å². The number of hydrogen-bond donors (Lipinski definition) is 2. The molecule has 0 spiro atoms. The molecule has 0 radical (unpaired) electrons. The maximum absolute atomic E-state index is 12.3. The van der Waals surface area contributed by atoms with Crippen molar-refractivity contribution >= 4 is 38.1 Å². The first-order valence-electron chi connectivity index (χ1n) is 8.58. The van der Waals surface area contributed by atoms with Crippen LogP contribution in [0.5, 0.6) is 17.2 Å². The van der Waals surface area contributed by atoms with Gasteiger partial charge in [-0.15, -0.1) is 11.3 Å². The van der Waals surface area contributed by atoms with Crippen LogP contribution in [-0.4, -0.2) is 40.1 Å². The predicted molar refractivity (Wildman–Crippen MR) is 113 cm³/mol. The van der Waals surface area contributed by atoms with E-state index in [9.17, 15) is 13.2 Å². The molecule has 0 bridgehead atoms. The summed E-state index contributed by atoms with van der Waals surface area (Å²) in [7, 11) is -0.719. The molecule has 1 aromatic heterocycles. The summed E-state index contributed by atoms with van der Waals surface area (Å²) in [5.41, 5.74) is 0.434. The second-order valence-corrected chi connectivity index (χ2v) is 8.40. The maximum Gasteiger partial charge on any atom is 0.263 e. The Morgan fingerprint density at radius 3 is 2.43 bits per heavy atom. The number of nitrogens with zero attached hydrogens (tertiary/aromatic N) is 1. The van der Waals surface area contributed by atoms with Crippen molar-refractivity contribution in [2.24, 2.45) is 0 Å². The Morgan fingerprint density at radius 1 is 1.07 bits per heavy atom. The maximum atomic E-state index is 12.3. The second kappa shape index (κ2) is 9.46. The molecule has 0 saturated heterocycles. The van der Waals surface area contributed by atoms with Crippen LogP contribution in [0, 0.1) is 0 Å². The average molecular weight is 450 g/mol. The van der Waals surface area contributed by atoms with Gasteiger partial charge in [0, 0.05) is 23.3 Å². The van der Waals surface area contributed by atoms with Crippen LogP contribution in [0.25, 0.3) is 0 Å². The van der Waals surface area contributed by atoms with E-state index in [2.05, 4.69) is 15.0 Å². The molecule has 1 heterocycles. The molecule has 30 heavy (non-hydrogen) atoms. The Hall–Kier alpha value is -3.31. The van der Waals surface area contributed by atoms with Crippen molar-refractivity contribution in [1.29, 1.82) is 0 Å². The summed E-state index contributed by atoms with van der Waals surface area (Å²) in [5.74, 6) is 1.08. The summed E-state index contributed by atoms with van der Waals surface area (Å²) in [6, 6.07) is 10.7. The number of methoxy groups -OCH3 is 2. The molecule has 2 N–H and O–H groups in total. The van der Waals surface area contributed by atoms with Crippen molar-refractivity contribution in [3.05, 3.63) is 54.0 Å². The molecule has 9 nitrogen and oxygen atoms in total. The second-order valence-electron chi connectivity index (χ2n) is 5.82. The number of amides is 1. The number of thiazole rings is 1. The lowest BCUT2D eigenvalue weighted by Gasteiger charge is -2.11. The van der Waals surface area contributed by atoms with E-state index in [4.69, 9.17) is 14.2 Å². The van der Waals surface area contributed by atoms with Crippen molar-refractivity contribution in [3.8, 4) is 17.2 Å². The minimum Gasteiger partial charge on any atom is -0.493 e. The van der Waals surface area contributed by atoms with E-state index in [1.54, 1.807) is 23.6 Å². The minimum atomic E-state index is -3.75. The number of hydrogen-bond acceptors (Lipinski definition) is 8. The Morgan fingerprint density at radius 2 is 1.80 bits per heavy atom. The number of sulfonamides is 1. The van der Waals surface area contributed by atoms with E-state index in [0.29, 0.717) is 22.9 Å². The van der Waals surface area contributed by atoms with Crippen molar-refractivity contribution < 1.29 is 27.4 Å². The molecule has 158 valence electrons. The van der Waals surface area contributed by atoms with Gasteiger partial charge in [0.2, 0.25) is 0 Å². The van der Waals surface area contributed by atoms with Crippen LogP contribution >= 0.6 is 11.3 Å². The molecule has 0 atom stereocenters. The molecule has 0 aliphatic heterocycles. The fourth-order valence-electron chi connectivity index (χ4n) is 2.42. The number of aromatic nitrogens is 1. The molecular formula is C19H19N3O6S2. The topological polar surface area (TPSA) is 116 Å². The summed E-state index contributed by atoms with van der Waals surface area (Å²) in [6.07, 6.45) is 1.51. The van der Waals surface area contributed by atoms with Crippen molar-refractivity contribution in [3.63, 3.8) is 0 Å². The van der Waals surface area contributed by atoms with Crippen LogP contribution in [0.2, 0.25) is 0 Å². The molecular weight excluding hydrogens is 430 g/mol. The summed E-state index contributed by atoms with van der Waals surface area (Å²) in [5, 5.41) is 4.59. The van der Waals surface area contributed by atoms with Gasteiger partial charge in [-0.25, -0.2) is 13.4 Å². The molecule has 11 heteroatoms. The lowest BCUT2D eigenvalue weighted by atomic mass is 10.3. The van der Waals surface area contributed by atoms with Gasteiger partial charge in [0.05, 0.1) is 19.1 Å². The number of nitrogens with one attached hydrogen (secondary N) is 2. The van der Waals surface area contributed by atoms with E-state index < -0.39 is 15.9 Å². The van der Waals surface area contributed by atoms with Gasteiger partial charge in [0.15, 0.2) is 23.2 Å². The zero-order valence-electron chi connectivity index (χ0n) is 16.1. The van der Waals surface area contributed by atoms with Crippen LogP contribution in [-0.2, 0) is 14.8 Å². The lowest BCUT2D eigenvalue weighted by Crippen LogP contribution is -2.20. The molecule has 0 saturated carbocycles. The van der Waals surface area contributed by atoms with Crippen LogP contribution in [0.4, 0.5) is 10.8 Å². The highest BCUT2D eigenvalue weighted by Gasteiger charge is 2.15. The van der Waals surface area contributed by atoms with Crippen LogP contribution in [0.15, 0.2) is 58.9 Å². The van der Waals surface area contributed by atoms with Gasteiger partial charge in [-0.1, -0.05) is 0 Å². The Kier molecular flexibility index (Phi) is 6.75. The number of rotatable bonds is 9. The van der Waals surface area contributed by atoms with Crippen LogP contribution in [0.1, 0.15) is 0 Å². The number of carbonyl (C=O) groups is 1. The highest BCUT2D eigenvalue weighted by atomic mass is 32.2. The standard InChI is InChI=1S/C19H19N3O6S2/c1-26-16-8-5-14(11-17(16)27-2)28-12-18(23)21-13-3-6-15(7-4-13)30(24,25)22-19-20-9-10-29-19/h3-11H,12H2,1-2H3,(H,20,22)(H,21,23). The molecule has 3 aromatic rings. The predicted octanol–water partition coefficient (Wildman–Crippen LogP) is 2.98. The number of carbonyl (C=O) groups excluding carboxylic acids is 1. The monoisotopic (exact) mass is 449 g/mol. The van der Waals surface area contributed by atoms with Gasteiger partial charge in [-0.05, 0) is 36.4 Å². The Bertz CT molecular complexity index is 1100. The zero-order chi connectivity index (χ0) is 21.6. The van der Waals surface area contributed by atoms with Gasteiger partial charge >= 0.3 is 0 Å². The first-order valence-corrected chi connectivity index (χ1v) is 10.9.